The van der Waals surface area contributed by atoms with E-state index >= 15 is 0 Å². The molecule has 0 atom stereocenters. The predicted octanol–water partition coefficient (Wildman–Crippen LogP) is 3.28. The Balaban J connectivity index is 2.48. The highest BCUT2D eigenvalue weighted by Crippen LogP contribution is 2.26. The molecular weight excluding hydrogens is 263 g/mol. The standard InChI is InChI=1S/C10H8BrFN2O/c1-13-10-14-9(5-15-10)7-4-6(11)2-3-8(7)12/h2-5H,1H3,(H,13,14). The number of hydrogen-bond donors (Lipinski definition) is 1. The van der Waals surface area contributed by atoms with E-state index in [0.29, 0.717) is 17.3 Å². The van der Waals surface area contributed by atoms with E-state index in [-0.39, 0.29) is 5.82 Å². The SMILES string of the molecule is CNc1nc(-c2cc(Br)ccc2F)co1. The van der Waals surface area contributed by atoms with Gasteiger partial charge in [-0.15, -0.1) is 0 Å². The Morgan fingerprint density at radius 1 is 1.47 bits per heavy atom. The summed E-state index contributed by atoms with van der Waals surface area (Å²) in [6.07, 6.45) is 1.41. The van der Waals surface area contributed by atoms with Crippen molar-refractivity contribution >= 4 is 21.9 Å². The molecule has 0 radical (unpaired) electrons. The maximum absolute atomic E-state index is 13.4. The van der Waals surface area contributed by atoms with Crippen LogP contribution in [0.15, 0.2) is 33.4 Å². The molecule has 0 saturated heterocycles. The first kappa shape index (κ1) is 10.2. The van der Waals surface area contributed by atoms with Crippen LogP contribution in [0.25, 0.3) is 11.3 Å². The molecule has 1 N–H and O–H groups in total. The highest BCUT2D eigenvalue weighted by Gasteiger charge is 2.10. The summed E-state index contributed by atoms with van der Waals surface area (Å²) >= 11 is 3.28. The molecule has 3 nitrogen and oxygen atoms in total. The summed E-state index contributed by atoms with van der Waals surface area (Å²) in [7, 11) is 1.69. The quantitative estimate of drug-likeness (QED) is 0.910. The molecule has 2 aromatic rings. The topological polar surface area (TPSA) is 38.1 Å². The van der Waals surface area contributed by atoms with Gasteiger partial charge in [-0.25, -0.2) is 4.39 Å². The molecule has 1 aromatic heterocycles. The maximum atomic E-state index is 13.4. The minimum atomic E-state index is -0.325. The average Bonchev–Trinajstić information content (AvgIpc) is 2.70. The van der Waals surface area contributed by atoms with Crippen LogP contribution in [0.2, 0.25) is 0 Å². The lowest BCUT2D eigenvalue weighted by atomic mass is 10.1. The summed E-state index contributed by atoms with van der Waals surface area (Å²) in [6, 6.07) is 5.04. The normalized spacial score (nSPS) is 10.3. The number of anilines is 1. The zero-order valence-corrected chi connectivity index (χ0v) is 9.51. The van der Waals surface area contributed by atoms with Crippen LogP contribution in [0.4, 0.5) is 10.4 Å². The lowest BCUT2D eigenvalue weighted by Gasteiger charge is -1.98. The Hall–Kier alpha value is -1.36. The molecule has 15 heavy (non-hydrogen) atoms. The second kappa shape index (κ2) is 4.02. The number of nitrogens with zero attached hydrogens (tertiary/aromatic N) is 1. The number of benzene rings is 1. The van der Waals surface area contributed by atoms with Gasteiger partial charge < -0.3 is 9.73 Å². The van der Waals surface area contributed by atoms with E-state index in [0.717, 1.165) is 4.47 Å². The Morgan fingerprint density at radius 3 is 2.93 bits per heavy atom. The fraction of sp³-hybridized carbons (Fsp3) is 0.100. The number of nitrogens with one attached hydrogen (secondary N) is 1. The third kappa shape index (κ3) is 2.02. The van der Waals surface area contributed by atoms with Crippen molar-refractivity contribution in [3.05, 3.63) is 34.8 Å². The first-order valence-electron chi connectivity index (χ1n) is 4.29. The molecule has 0 spiro atoms. The van der Waals surface area contributed by atoms with E-state index in [4.69, 9.17) is 4.42 Å². The molecule has 0 bridgehead atoms. The number of halogens is 2. The third-order valence-electron chi connectivity index (χ3n) is 1.92. The first-order valence-corrected chi connectivity index (χ1v) is 5.08. The molecule has 0 aliphatic heterocycles. The second-order valence-corrected chi connectivity index (χ2v) is 3.83. The summed E-state index contributed by atoms with van der Waals surface area (Å²) in [5, 5.41) is 2.74. The Morgan fingerprint density at radius 2 is 2.27 bits per heavy atom. The van der Waals surface area contributed by atoms with Crippen LogP contribution in [0.1, 0.15) is 0 Å². The lowest BCUT2D eigenvalue weighted by molar-refractivity contribution is 0.575. The zero-order chi connectivity index (χ0) is 10.8. The van der Waals surface area contributed by atoms with Crippen molar-refractivity contribution in [2.75, 3.05) is 12.4 Å². The fourth-order valence-corrected chi connectivity index (χ4v) is 1.57. The van der Waals surface area contributed by atoms with Crippen molar-refractivity contribution in [2.24, 2.45) is 0 Å². The molecule has 0 fully saturated rings. The Kier molecular flexibility index (Phi) is 2.73. The predicted molar refractivity (Wildman–Crippen MR) is 59.1 cm³/mol. The van der Waals surface area contributed by atoms with E-state index in [1.54, 1.807) is 19.2 Å². The van der Waals surface area contributed by atoms with Gasteiger partial charge in [0.2, 0.25) is 0 Å². The van der Waals surface area contributed by atoms with Gasteiger partial charge in [-0.3, -0.25) is 0 Å². The zero-order valence-electron chi connectivity index (χ0n) is 7.92. The van der Waals surface area contributed by atoms with Crippen LogP contribution in [-0.4, -0.2) is 12.0 Å². The van der Waals surface area contributed by atoms with Crippen LogP contribution >= 0.6 is 15.9 Å². The first-order chi connectivity index (χ1) is 7.20. The molecule has 0 saturated carbocycles. The van der Waals surface area contributed by atoms with Crippen molar-refractivity contribution in [1.29, 1.82) is 0 Å². The van der Waals surface area contributed by atoms with Gasteiger partial charge in [0, 0.05) is 17.1 Å². The molecule has 0 aliphatic rings. The van der Waals surface area contributed by atoms with Crippen molar-refractivity contribution in [3.63, 3.8) is 0 Å². The largest absolute Gasteiger partial charge is 0.432 e. The van der Waals surface area contributed by atoms with Crippen LogP contribution < -0.4 is 5.32 Å². The summed E-state index contributed by atoms with van der Waals surface area (Å²) < 4.78 is 19.3. The molecule has 2 rings (SSSR count). The molecule has 0 amide bonds. The summed E-state index contributed by atoms with van der Waals surface area (Å²) in [5.74, 6) is -0.325. The number of rotatable bonds is 2. The van der Waals surface area contributed by atoms with E-state index in [9.17, 15) is 4.39 Å². The van der Waals surface area contributed by atoms with Gasteiger partial charge in [0.15, 0.2) is 0 Å². The van der Waals surface area contributed by atoms with E-state index in [2.05, 4.69) is 26.2 Å². The number of aromatic nitrogens is 1. The van der Waals surface area contributed by atoms with E-state index in [1.807, 2.05) is 0 Å². The Bertz CT molecular complexity index is 484. The molecular formula is C10H8BrFN2O. The lowest BCUT2D eigenvalue weighted by Crippen LogP contribution is -1.88. The minimum Gasteiger partial charge on any atom is -0.432 e. The van der Waals surface area contributed by atoms with Crippen molar-refractivity contribution in [1.82, 2.24) is 4.98 Å². The van der Waals surface area contributed by atoms with Crippen LogP contribution in [0, 0.1) is 5.82 Å². The van der Waals surface area contributed by atoms with Gasteiger partial charge in [0.05, 0.1) is 0 Å². The molecule has 1 aromatic carbocycles. The van der Waals surface area contributed by atoms with Gasteiger partial charge in [-0.05, 0) is 18.2 Å². The molecule has 0 aliphatic carbocycles. The Labute approximate surface area is 94.5 Å². The highest BCUT2D eigenvalue weighted by molar-refractivity contribution is 9.10. The summed E-state index contributed by atoms with van der Waals surface area (Å²) in [4.78, 5) is 4.06. The van der Waals surface area contributed by atoms with Gasteiger partial charge in [-0.2, -0.15) is 4.98 Å². The molecule has 0 unspecified atom stereocenters. The summed E-state index contributed by atoms with van der Waals surface area (Å²) in [5.41, 5.74) is 0.882. The van der Waals surface area contributed by atoms with Crippen LogP contribution in [-0.2, 0) is 0 Å². The second-order valence-electron chi connectivity index (χ2n) is 2.91. The van der Waals surface area contributed by atoms with Gasteiger partial charge in [0.25, 0.3) is 6.01 Å². The summed E-state index contributed by atoms with van der Waals surface area (Å²) in [6.45, 7) is 0. The van der Waals surface area contributed by atoms with Gasteiger partial charge in [-0.1, -0.05) is 15.9 Å². The molecule has 5 heteroatoms. The van der Waals surface area contributed by atoms with Crippen molar-refractivity contribution < 1.29 is 8.81 Å². The van der Waals surface area contributed by atoms with E-state index < -0.39 is 0 Å². The van der Waals surface area contributed by atoms with Gasteiger partial charge in [0.1, 0.15) is 17.8 Å². The van der Waals surface area contributed by atoms with Crippen LogP contribution in [0.3, 0.4) is 0 Å². The third-order valence-corrected chi connectivity index (χ3v) is 2.42. The maximum Gasteiger partial charge on any atom is 0.294 e. The fourth-order valence-electron chi connectivity index (χ4n) is 1.21. The monoisotopic (exact) mass is 270 g/mol. The van der Waals surface area contributed by atoms with Crippen LogP contribution in [0.5, 0.6) is 0 Å². The van der Waals surface area contributed by atoms with Crippen molar-refractivity contribution in [3.8, 4) is 11.3 Å². The highest BCUT2D eigenvalue weighted by atomic mass is 79.9. The molecule has 1 heterocycles. The number of oxazole rings is 1. The average molecular weight is 271 g/mol. The number of hydrogen-bond acceptors (Lipinski definition) is 3. The van der Waals surface area contributed by atoms with Gasteiger partial charge >= 0.3 is 0 Å². The van der Waals surface area contributed by atoms with Crippen molar-refractivity contribution in [2.45, 2.75) is 0 Å². The van der Waals surface area contributed by atoms with E-state index in [1.165, 1.54) is 12.3 Å². The smallest absolute Gasteiger partial charge is 0.294 e. The molecule has 78 valence electrons. The minimum absolute atomic E-state index is 0.325.